The first-order valence-electron chi connectivity index (χ1n) is 8.06. The number of rotatable bonds is 5. The molecule has 1 saturated heterocycles. The van der Waals surface area contributed by atoms with Gasteiger partial charge in [0.25, 0.3) is 0 Å². The van der Waals surface area contributed by atoms with Gasteiger partial charge in [-0.2, -0.15) is 8.78 Å². The number of anilines is 1. The monoisotopic (exact) mass is 375 g/mol. The number of nitrogens with zero attached hydrogens (tertiary/aromatic N) is 1. The SMILES string of the molecule is COC(=O)C(C)(C)C1CCCN(c2ccccc2S(=O)(=O)C(F)F)C1. The average Bonchev–Trinajstić information content (AvgIpc) is 2.60. The Balaban J connectivity index is 2.36. The highest BCUT2D eigenvalue weighted by atomic mass is 32.2. The summed E-state index contributed by atoms with van der Waals surface area (Å²) >= 11 is 0. The van der Waals surface area contributed by atoms with Crippen molar-refractivity contribution < 1.29 is 26.7 Å². The van der Waals surface area contributed by atoms with E-state index in [-0.39, 0.29) is 22.5 Å². The van der Waals surface area contributed by atoms with Crippen LogP contribution < -0.4 is 4.90 Å². The molecule has 1 aromatic rings. The minimum Gasteiger partial charge on any atom is -0.469 e. The number of sulfone groups is 1. The second-order valence-corrected chi connectivity index (χ2v) is 8.66. The molecular formula is C17H23F2NO4S. The van der Waals surface area contributed by atoms with Crippen molar-refractivity contribution in [3.8, 4) is 0 Å². The molecule has 1 heterocycles. The number of carbonyl (C=O) groups is 1. The Morgan fingerprint density at radius 1 is 1.32 bits per heavy atom. The molecule has 0 N–H and O–H groups in total. The maximum atomic E-state index is 13.0. The second-order valence-electron chi connectivity index (χ2n) is 6.77. The van der Waals surface area contributed by atoms with Gasteiger partial charge in [-0.25, -0.2) is 8.42 Å². The zero-order valence-corrected chi connectivity index (χ0v) is 15.4. The number of hydrogen-bond donors (Lipinski definition) is 0. The van der Waals surface area contributed by atoms with E-state index >= 15 is 0 Å². The first kappa shape index (κ1) is 19.6. The fraction of sp³-hybridized carbons (Fsp3) is 0.588. The number of esters is 1. The van der Waals surface area contributed by atoms with Crippen molar-refractivity contribution in [3.63, 3.8) is 0 Å². The summed E-state index contributed by atoms with van der Waals surface area (Å²) < 4.78 is 54.8. The molecule has 1 fully saturated rings. The Bertz CT molecular complexity index is 734. The molecular weight excluding hydrogens is 352 g/mol. The molecule has 0 aliphatic carbocycles. The molecule has 0 spiro atoms. The van der Waals surface area contributed by atoms with Gasteiger partial charge < -0.3 is 9.64 Å². The zero-order valence-electron chi connectivity index (χ0n) is 14.5. The third-order valence-corrected chi connectivity index (χ3v) is 6.33. The number of hydrogen-bond acceptors (Lipinski definition) is 5. The van der Waals surface area contributed by atoms with Gasteiger partial charge in [-0.1, -0.05) is 12.1 Å². The first-order valence-corrected chi connectivity index (χ1v) is 9.61. The lowest BCUT2D eigenvalue weighted by Crippen LogP contribution is -2.45. The molecule has 8 heteroatoms. The van der Waals surface area contributed by atoms with E-state index in [1.807, 2.05) is 0 Å². The number of ether oxygens (including phenoxy) is 1. The third kappa shape index (κ3) is 3.78. The predicted molar refractivity (Wildman–Crippen MR) is 90.4 cm³/mol. The summed E-state index contributed by atoms with van der Waals surface area (Å²) in [6.45, 7) is 4.52. The quantitative estimate of drug-likeness (QED) is 0.740. The summed E-state index contributed by atoms with van der Waals surface area (Å²) in [6, 6.07) is 5.78. The van der Waals surface area contributed by atoms with Crippen LogP contribution in [-0.4, -0.2) is 40.3 Å². The largest absolute Gasteiger partial charge is 0.469 e. The molecule has 0 amide bonds. The van der Waals surface area contributed by atoms with Gasteiger partial charge in [0.05, 0.1) is 23.1 Å². The van der Waals surface area contributed by atoms with Gasteiger partial charge in [-0.05, 0) is 44.7 Å². The van der Waals surface area contributed by atoms with E-state index in [0.717, 1.165) is 12.8 Å². The maximum absolute atomic E-state index is 13.0. The molecule has 2 rings (SSSR count). The summed E-state index contributed by atoms with van der Waals surface area (Å²) in [4.78, 5) is 13.5. The van der Waals surface area contributed by atoms with Gasteiger partial charge in [0, 0.05) is 13.1 Å². The van der Waals surface area contributed by atoms with Crippen LogP contribution in [0.25, 0.3) is 0 Å². The van der Waals surface area contributed by atoms with E-state index in [4.69, 9.17) is 4.74 Å². The van der Waals surface area contributed by atoms with E-state index in [2.05, 4.69) is 0 Å². The third-order valence-electron chi connectivity index (χ3n) is 4.90. The fourth-order valence-corrected chi connectivity index (χ4v) is 4.22. The van der Waals surface area contributed by atoms with Gasteiger partial charge in [-0.15, -0.1) is 0 Å². The van der Waals surface area contributed by atoms with Crippen molar-refractivity contribution >= 4 is 21.5 Å². The van der Waals surface area contributed by atoms with E-state index < -0.39 is 21.0 Å². The van der Waals surface area contributed by atoms with Crippen molar-refractivity contribution in [2.24, 2.45) is 11.3 Å². The standard InChI is InChI=1S/C17H23F2NO4S/c1-17(2,15(21)24-3)12-7-6-10-20(11-12)13-8-4-5-9-14(13)25(22,23)16(18)19/h4-5,8-9,12,16H,6-7,10-11H2,1-3H3. The number of alkyl halides is 2. The number of carbonyl (C=O) groups excluding carboxylic acids is 1. The van der Waals surface area contributed by atoms with Crippen LogP contribution in [-0.2, 0) is 19.4 Å². The van der Waals surface area contributed by atoms with Crippen molar-refractivity contribution in [1.29, 1.82) is 0 Å². The van der Waals surface area contributed by atoms with Crippen molar-refractivity contribution in [1.82, 2.24) is 0 Å². The molecule has 1 atom stereocenters. The van der Waals surface area contributed by atoms with Crippen LogP contribution in [0.2, 0.25) is 0 Å². The van der Waals surface area contributed by atoms with Crippen LogP contribution in [0.5, 0.6) is 0 Å². The summed E-state index contributed by atoms with van der Waals surface area (Å²) in [5.74, 6) is -3.88. The van der Waals surface area contributed by atoms with Gasteiger partial charge in [0.1, 0.15) is 0 Å². The minimum absolute atomic E-state index is 0.0731. The predicted octanol–water partition coefficient (Wildman–Crippen LogP) is 3.10. The van der Waals surface area contributed by atoms with Gasteiger partial charge in [0.15, 0.2) is 0 Å². The summed E-state index contributed by atoms with van der Waals surface area (Å²) in [5.41, 5.74) is -0.489. The van der Waals surface area contributed by atoms with E-state index in [1.165, 1.54) is 25.3 Å². The molecule has 1 unspecified atom stereocenters. The Morgan fingerprint density at radius 2 is 1.96 bits per heavy atom. The Labute approximate surface area is 146 Å². The van der Waals surface area contributed by atoms with Crippen LogP contribution in [0, 0.1) is 11.3 Å². The molecule has 0 aromatic heterocycles. The lowest BCUT2D eigenvalue weighted by atomic mass is 9.74. The second kappa shape index (κ2) is 7.27. The highest BCUT2D eigenvalue weighted by molar-refractivity contribution is 7.91. The van der Waals surface area contributed by atoms with E-state index in [0.29, 0.717) is 13.1 Å². The van der Waals surface area contributed by atoms with E-state index in [1.54, 1.807) is 24.8 Å². The summed E-state index contributed by atoms with van der Waals surface area (Å²) in [7, 11) is -3.37. The smallest absolute Gasteiger partial charge is 0.341 e. The van der Waals surface area contributed by atoms with Crippen LogP contribution in [0.15, 0.2) is 29.2 Å². The normalized spacial score (nSPS) is 19.1. The van der Waals surface area contributed by atoms with Crippen LogP contribution in [0.4, 0.5) is 14.5 Å². The van der Waals surface area contributed by atoms with Gasteiger partial charge >= 0.3 is 11.7 Å². The molecule has 0 saturated carbocycles. The van der Waals surface area contributed by atoms with E-state index in [9.17, 15) is 22.0 Å². The van der Waals surface area contributed by atoms with Crippen LogP contribution in [0.1, 0.15) is 26.7 Å². The molecule has 1 aliphatic heterocycles. The van der Waals surface area contributed by atoms with Crippen LogP contribution >= 0.6 is 0 Å². The minimum atomic E-state index is -4.70. The number of methoxy groups -OCH3 is 1. The molecule has 140 valence electrons. The van der Waals surface area contributed by atoms with Gasteiger partial charge in [-0.3, -0.25) is 4.79 Å². The molecule has 1 aromatic carbocycles. The highest BCUT2D eigenvalue weighted by Crippen LogP contribution is 2.38. The van der Waals surface area contributed by atoms with Crippen molar-refractivity contribution in [2.45, 2.75) is 37.3 Å². The Morgan fingerprint density at radius 3 is 2.56 bits per heavy atom. The lowest BCUT2D eigenvalue weighted by Gasteiger charge is -2.41. The lowest BCUT2D eigenvalue weighted by molar-refractivity contribution is -0.154. The Hall–Kier alpha value is -1.70. The maximum Gasteiger partial charge on any atom is 0.341 e. The molecule has 0 bridgehead atoms. The number of piperidine rings is 1. The first-order chi connectivity index (χ1) is 11.6. The van der Waals surface area contributed by atoms with Crippen LogP contribution in [0.3, 0.4) is 0 Å². The topological polar surface area (TPSA) is 63.7 Å². The number of para-hydroxylation sites is 1. The van der Waals surface area contributed by atoms with Crippen molar-refractivity contribution in [2.75, 3.05) is 25.1 Å². The Kier molecular flexibility index (Phi) is 5.71. The number of benzene rings is 1. The average molecular weight is 375 g/mol. The molecule has 25 heavy (non-hydrogen) atoms. The highest BCUT2D eigenvalue weighted by Gasteiger charge is 2.41. The summed E-state index contributed by atoms with van der Waals surface area (Å²) in [6.07, 6.45) is 1.51. The molecule has 1 aliphatic rings. The molecule has 5 nitrogen and oxygen atoms in total. The zero-order chi connectivity index (χ0) is 18.8. The summed E-state index contributed by atoms with van der Waals surface area (Å²) in [5, 5.41) is 0. The van der Waals surface area contributed by atoms with Crippen molar-refractivity contribution in [3.05, 3.63) is 24.3 Å². The fourth-order valence-electron chi connectivity index (χ4n) is 3.27. The molecule has 0 radical (unpaired) electrons. The number of halogens is 2. The van der Waals surface area contributed by atoms with Gasteiger partial charge in [0.2, 0.25) is 9.84 Å².